The van der Waals surface area contributed by atoms with Gasteiger partial charge in [-0.25, -0.2) is 4.79 Å². The van der Waals surface area contributed by atoms with E-state index in [0.29, 0.717) is 29.4 Å². The molecule has 0 aliphatic carbocycles. The molecule has 1 heterocycles. The van der Waals surface area contributed by atoms with Gasteiger partial charge in [0.1, 0.15) is 0 Å². The summed E-state index contributed by atoms with van der Waals surface area (Å²) in [5.41, 5.74) is -0.732. The number of anilines is 1. The van der Waals surface area contributed by atoms with Crippen LogP contribution in [0.2, 0.25) is 10.0 Å². The quantitative estimate of drug-likeness (QED) is 0.842. The molecule has 0 aromatic heterocycles. The maximum absolute atomic E-state index is 12.6. The number of nitrogens with one attached hydrogen (secondary N) is 1. The van der Waals surface area contributed by atoms with Crippen LogP contribution in [0.5, 0.6) is 0 Å². The van der Waals surface area contributed by atoms with Crippen LogP contribution in [0.1, 0.15) is 37.6 Å². The fraction of sp³-hybridized carbons (Fsp3) is 0.500. The third-order valence-corrected chi connectivity index (χ3v) is 5.10. The molecule has 126 valence electrons. The summed E-state index contributed by atoms with van der Waals surface area (Å²) in [4.78, 5) is 26.7. The van der Waals surface area contributed by atoms with E-state index in [2.05, 4.69) is 5.32 Å². The third-order valence-electron chi connectivity index (χ3n) is 4.59. The normalized spacial score (nSPS) is 21.7. The van der Waals surface area contributed by atoms with Crippen LogP contribution in [-0.2, 0) is 4.79 Å². The van der Waals surface area contributed by atoms with Gasteiger partial charge in [0, 0.05) is 23.2 Å². The molecule has 0 spiro atoms. The van der Waals surface area contributed by atoms with Crippen molar-refractivity contribution in [3.8, 4) is 0 Å². The summed E-state index contributed by atoms with van der Waals surface area (Å²) in [5.74, 6) is -1.35. The van der Waals surface area contributed by atoms with Crippen LogP contribution in [0.3, 0.4) is 0 Å². The molecule has 2 N–H and O–H groups in total. The lowest BCUT2D eigenvalue weighted by Crippen LogP contribution is -2.63. The van der Waals surface area contributed by atoms with Gasteiger partial charge in [-0.1, -0.05) is 37.0 Å². The summed E-state index contributed by atoms with van der Waals surface area (Å²) >= 11 is 12.1. The molecule has 23 heavy (non-hydrogen) atoms. The van der Waals surface area contributed by atoms with Crippen LogP contribution in [0.25, 0.3) is 0 Å². The van der Waals surface area contributed by atoms with E-state index in [0.717, 1.165) is 0 Å². The zero-order chi connectivity index (χ0) is 17.4. The molecule has 2 unspecified atom stereocenters. The number of hydrogen-bond donors (Lipinski definition) is 2. The molecular weight excluding hydrogens is 339 g/mol. The number of ketones is 1. The smallest absolute Gasteiger partial charge is 0.331 e. The Morgan fingerprint density at radius 3 is 2.52 bits per heavy atom. The van der Waals surface area contributed by atoms with Crippen LogP contribution >= 0.6 is 23.2 Å². The van der Waals surface area contributed by atoms with E-state index in [4.69, 9.17) is 23.2 Å². The van der Waals surface area contributed by atoms with Gasteiger partial charge in [0.05, 0.1) is 10.6 Å². The average Bonchev–Trinajstić information content (AvgIpc) is 2.46. The molecule has 7 heteroatoms. The van der Waals surface area contributed by atoms with Gasteiger partial charge in [-0.05, 0) is 32.1 Å². The van der Waals surface area contributed by atoms with E-state index < -0.39 is 11.5 Å². The van der Waals surface area contributed by atoms with Gasteiger partial charge in [0.25, 0.3) is 0 Å². The number of Topliss-reactive ketones (excluding diaryl/α,β-unsaturated/α-hetero) is 1. The highest BCUT2D eigenvalue weighted by Gasteiger charge is 2.50. The topological polar surface area (TPSA) is 69.6 Å². The molecule has 2 rings (SSSR count). The van der Waals surface area contributed by atoms with Gasteiger partial charge in [-0.15, -0.1) is 0 Å². The van der Waals surface area contributed by atoms with Gasteiger partial charge in [-0.2, -0.15) is 0 Å². The molecule has 0 bridgehead atoms. The highest BCUT2D eigenvalue weighted by Crippen LogP contribution is 2.39. The summed E-state index contributed by atoms with van der Waals surface area (Å²) in [6.45, 7) is 7.11. The molecule has 5 nitrogen and oxygen atoms in total. The van der Waals surface area contributed by atoms with Crippen molar-refractivity contribution in [1.82, 2.24) is 4.90 Å². The second-order valence-corrected chi connectivity index (χ2v) is 6.55. The summed E-state index contributed by atoms with van der Waals surface area (Å²) < 4.78 is 0. The monoisotopic (exact) mass is 358 g/mol. The fourth-order valence-electron chi connectivity index (χ4n) is 3.22. The summed E-state index contributed by atoms with van der Waals surface area (Å²) in [5, 5.41) is 13.5. The summed E-state index contributed by atoms with van der Waals surface area (Å²) in [6.07, 6.45) is -0.158. The van der Waals surface area contributed by atoms with Gasteiger partial charge in [-0.3, -0.25) is 9.69 Å². The van der Waals surface area contributed by atoms with E-state index in [1.54, 1.807) is 6.07 Å². The zero-order valence-corrected chi connectivity index (χ0v) is 14.8. The summed E-state index contributed by atoms with van der Waals surface area (Å²) in [6, 6.07) is 2.65. The minimum atomic E-state index is -1.41. The number of hydrogen-bond acceptors (Lipinski definition) is 4. The van der Waals surface area contributed by atoms with Crippen LogP contribution in [0.15, 0.2) is 12.1 Å². The van der Waals surface area contributed by atoms with E-state index in [-0.39, 0.29) is 23.3 Å². The highest BCUT2D eigenvalue weighted by atomic mass is 35.5. The average molecular weight is 359 g/mol. The van der Waals surface area contributed by atoms with Gasteiger partial charge in [0.15, 0.2) is 11.3 Å². The van der Waals surface area contributed by atoms with Crippen molar-refractivity contribution < 1.29 is 14.7 Å². The molecule has 0 saturated carbocycles. The predicted molar refractivity (Wildman–Crippen MR) is 91.8 cm³/mol. The molecule has 1 aliphatic heterocycles. The Balaban J connectivity index is 2.56. The van der Waals surface area contributed by atoms with Crippen LogP contribution < -0.4 is 5.32 Å². The standard InChI is InChI=1S/C16H20Cl2N2O3/c1-4-20(5-2)9(3)16(15(22)23)8-13(21)14-11(18)6-10(17)7-12(14)19-16/h6-7,9,19H,4-5,8H2,1-3H3,(H,22,23). The number of carboxylic acids is 1. The number of carbonyl (C=O) groups excluding carboxylic acids is 1. The molecule has 0 amide bonds. The second-order valence-electron chi connectivity index (χ2n) is 5.71. The molecule has 0 radical (unpaired) electrons. The molecule has 0 saturated heterocycles. The van der Waals surface area contributed by atoms with Crippen molar-refractivity contribution in [2.24, 2.45) is 0 Å². The number of carbonyl (C=O) groups is 2. The first-order chi connectivity index (χ1) is 10.8. The number of likely N-dealkylation sites (N-methyl/N-ethyl adjacent to an activating group) is 1. The highest BCUT2D eigenvalue weighted by molar-refractivity contribution is 6.38. The number of halogens is 2. The number of carboxylic acid groups (broad SMARTS) is 1. The Kier molecular flexibility index (Phi) is 5.23. The first-order valence-corrected chi connectivity index (χ1v) is 8.30. The number of rotatable bonds is 5. The van der Waals surface area contributed by atoms with Crippen LogP contribution in [-0.4, -0.2) is 46.4 Å². The second kappa shape index (κ2) is 6.67. The number of aliphatic carboxylic acids is 1. The lowest BCUT2D eigenvalue weighted by molar-refractivity contribution is -0.144. The van der Waals surface area contributed by atoms with Crippen molar-refractivity contribution >= 4 is 40.6 Å². The maximum atomic E-state index is 12.6. The van der Waals surface area contributed by atoms with E-state index in [1.807, 2.05) is 25.7 Å². The van der Waals surface area contributed by atoms with E-state index in [9.17, 15) is 14.7 Å². The van der Waals surface area contributed by atoms with Crippen LogP contribution in [0.4, 0.5) is 5.69 Å². The van der Waals surface area contributed by atoms with E-state index in [1.165, 1.54) is 6.07 Å². The SMILES string of the molecule is CCN(CC)C(C)C1(C(=O)O)CC(=O)c2c(Cl)cc(Cl)cc2N1. The van der Waals surface area contributed by atoms with Crippen molar-refractivity contribution in [2.75, 3.05) is 18.4 Å². The Morgan fingerprint density at radius 2 is 2.00 bits per heavy atom. The Hall–Kier alpha value is -1.30. The first-order valence-electron chi connectivity index (χ1n) is 7.54. The minimum absolute atomic E-state index is 0.158. The maximum Gasteiger partial charge on any atom is 0.331 e. The van der Waals surface area contributed by atoms with Gasteiger partial charge < -0.3 is 10.4 Å². The van der Waals surface area contributed by atoms with Crippen molar-refractivity contribution in [3.05, 3.63) is 27.7 Å². The minimum Gasteiger partial charge on any atom is -0.479 e. The number of benzene rings is 1. The number of nitrogens with zero attached hydrogens (tertiary/aromatic N) is 1. The van der Waals surface area contributed by atoms with Crippen LogP contribution in [0, 0.1) is 0 Å². The molecule has 1 aliphatic rings. The molecule has 2 atom stereocenters. The Morgan fingerprint density at radius 1 is 1.39 bits per heavy atom. The zero-order valence-electron chi connectivity index (χ0n) is 13.3. The number of fused-ring (bicyclic) bond motifs is 1. The van der Waals surface area contributed by atoms with Gasteiger partial charge >= 0.3 is 5.97 Å². The molecule has 1 aromatic carbocycles. The van der Waals surface area contributed by atoms with Gasteiger partial charge in [0.2, 0.25) is 0 Å². The molecule has 0 fully saturated rings. The molecule has 1 aromatic rings. The first kappa shape index (κ1) is 18.0. The van der Waals surface area contributed by atoms with Crippen molar-refractivity contribution in [2.45, 2.75) is 38.8 Å². The largest absolute Gasteiger partial charge is 0.479 e. The fourth-order valence-corrected chi connectivity index (χ4v) is 3.82. The van der Waals surface area contributed by atoms with Crippen molar-refractivity contribution in [1.29, 1.82) is 0 Å². The Bertz CT molecular complexity index is 646. The lowest BCUT2D eigenvalue weighted by Gasteiger charge is -2.44. The lowest BCUT2D eigenvalue weighted by atomic mass is 9.79. The summed E-state index contributed by atoms with van der Waals surface area (Å²) in [7, 11) is 0. The van der Waals surface area contributed by atoms with Crippen molar-refractivity contribution in [3.63, 3.8) is 0 Å². The predicted octanol–water partition coefficient (Wildman–Crippen LogP) is 3.55. The third kappa shape index (κ3) is 3.05. The Labute approximate surface area is 145 Å². The van der Waals surface area contributed by atoms with E-state index >= 15 is 0 Å². The molecular formula is C16H20Cl2N2O3.